The first-order chi connectivity index (χ1) is 16.0. The summed E-state index contributed by atoms with van der Waals surface area (Å²) in [5, 5.41) is 2.59. The first kappa shape index (κ1) is 22.8. The largest absolute Gasteiger partial charge is 0.461 e. The number of hydrogen-bond donors (Lipinski definition) is 2. The van der Waals surface area contributed by atoms with Crippen LogP contribution in [-0.4, -0.2) is 36.7 Å². The van der Waals surface area contributed by atoms with Gasteiger partial charge in [-0.1, -0.05) is 55.0 Å². The lowest BCUT2D eigenvalue weighted by Crippen LogP contribution is -2.44. The number of carbonyl (C=O) groups is 3. The lowest BCUT2D eigenvalue weighted by Gasteiger charge is -2.25. The van der Waals surface area contributed by atoms with Crippen LogP contribution >= 0.6 is 0 Å². The first-order valence-corrected chi connectivity index (χ1v) is 11.6. The summed E-state index contributed by atoms with van der Waals surface area (Å²) in [4.78, 5) is 36.6. The molecule has 1 saturated carbocycles. The molecule has 0 saturated heterocycles. The lowest BCUT2D eigenvalue weighted by molar-refractivity contribution is -0.153. The van der Waals surface area contributed by atoms with Crippen LogP contribution in [-0.2, 0) is 19.1 Å². The van der Waals surface area contributed by atoms with E-state index in [1.165, 1.54) is 0 Å². The molecule has 0 unspecified atom stereocenters. The molecule has 7 nitrogen and oxygen atoms in total. The molecule has 0 heterocycles. The highest BCUT2D eigenvalue weighted by Gasteiger charge is 2.31. The molecule has 174 valence electrons. The summed E-state index contributed by atoms with van der Waals surface area (Å²) < 4.78 is 11.1. The number of esters is 1. The summed E-state index contributed by atoms with van der Waals surface area (Å²) in [6.45, 7) is 0.139. The maximum absolute atomic E-state index is 12.7. The molecule has 0 spiro atoms. The maximum Gasteiger partial charge on any atom is 0.407 e. The molecule has 1 atom stereocenters. The van der Waals surface area contributed by atoms with E-state index >= 15 is 0 Å². The van der Waals surface area contributed by atoms with Crippen molar-refractivity contribution in [2.45, 2.75) is 63.0 Å². The Balaban J connectivity index is 1.39. The van der Waals surface area contributed by atoms with Crippen molar-refractivity contribution in [1.29, 1.82) is 0 Å². The van der Waals surface area contributed by atoms with Gasteiger partial charge in [0, 0.05) is 12.3 Å². The third-order valence-electron chi connectivity index (χ3n) is 6.43. The van der Waals surface area contributed by atoms with Gasteiger partial charge in [-0.05, 0) is 54.4 Å². The van der Waals surface area contributed by atoms with Crippen LogP contribution in [0.5, 0.6) is 0 Å². The summed E-state index contributed by atoms with van der Waals surface area (Å²) >= 11 is 0. The molecule has 33 heavy (non-hydrogen) atoms. The van der Waals surface area contributed by atoms with Gasteiger partial charge < -0.3 is 20.5 Å². The Kier molecular flexibility index (Phi) is 7.27. The third kappa shape index (κ3) is 5.53. The Morgan fingerprint density at radius 1 is 0.939 bits per heavy atom. The number of hydrogen-bond acceptors (Lipinski definition) is 5. The van der Waals surface area contributed by atoms with Crippen molar-refractivity contribution in [2.75, 3.05) is 6.61 Å². The monoisotopic (exact) mass is 450 g/mol. The van der Waals surface area contributed by atoms with E-state index in [2.05, 4.69) is 17.4 Å². The van der Waals surface area contributed by atoms with E-state index in [1.54, 1.807) is 0 Å². The molecule has 3 N–H and O–H groups in total. The normalized spacial score (nSPS) is 16.4. The maximum atomic E-state index is 12.7. The molecule has 2 aliphatic rings. The molecule has 0 bridgehead atoms. The predicted molar refractivity (Wildman–Crippen MR) is 123 cm³/mol. The van der Waals surface area contributed by atoms with Gasteiger partial charge in [-0.2, -0.15) is 0 Å². The van der Waals surface area contributed by atoms with Crippen molar-refractivity contribution in [3.63, 3.8) is 0 Å². The van der Waals surface area contributed by atoms with Crippen LogP contribution in [0.3, 0.4) is 0 Å². The van der Waals surface area contributed by atoms with Crippen LogP contribution in [0.15, 0.2) is 48.5 Å². The summed E-state index contributed by atoms with van der Waals surface area (Å²) in [6, 6.07) is 15.2. The molecule has 2 aliphatic carbocycles. The van der Waals surface area contributed by atoms with Crippen molar-refractivity contribution in [1.82, 2.24) is 5.32 Å². The van der Waals surface area contributed by atoms with Crippen LogP contribution in [0.1, 0.15) is 62.0 Å². The molecule has 7 heteroatoms. The van der Waals surface area contributed by atoms with E-state index < -0.39 is 24.0 Å². The highest BCUT2D eigenvalue weighted by atomic mass is 16.6. The minimum atomic E-state index is -0.977. The minimum Gasteiger partial charge on any atom is -0.461 e. The second kappa shape index (κ2) is 10.5. The number of ether oxygens (including phenoxy) is 2. The van der Waals surface area contributed by atoms with Crippen LogP contribution in [0.25, 0.3) is 11.1 Å². The van der Waals surface area contributed by atoms with Gasteiger partial charge in [0.25, 0.3) is 0 Å². The summed E-state index contributed by atoms with van der Waals surface area (Å²) in [5.41, 5.74) is 9.74. The molecule has 1 fully saturated rings. The van der Waals surface area contributed by atoms with Crippen LogP contribution in [0, 0.1) is 0 Å². The van der Waals surface area contributed by atoms with Gasteiger partial charge in [0.15, 0.2) is 0 Å². The summed E-state index contributed by atoms with van der Waals surface area (Å²) in [7, 11) is 0. The van der Waals surface area contributed by atoms with Gasteiger partial charge in [0.05, 0.1) is 0 Å². The van der Waals surface area contributed by atoms with Crippen LogP contribution in [0.4, 0.5) is 4.79 Å². The molecule has 4 rings (SSSR count). The zero-order chi connectivity index (χ0) is 23.2. The molecule has 0 radical (unpaired) electrons. The number of benzene rings is 2. The second-order valence-electron chi connectivity index (χ2n) is 8.72. The van der Waals surface area contributed by atoms with E-state index in [0.29, 0.717) is 0 Å². The number of rotatable bonds is 8. The van der Waals surface area contributed by atoms with Gasteiger partial charge >= 0.3 is 12.1 Å². The van der Waals surface area contributed by atoms with Crippen LogP contribution < -0.4 is 11.1 Å². The molecular weight excluding hydrogens is 420 g/mol. The number of nitrogens with one attached hydrogen (secondary N) is 1. The van der Waals surface area contributed by atoms with Crippen molar-refractivity contribution in [3.05, 3.63) is 59.7 Å². The first-order valence-electron chi connectivity index (χ1n) is 11.6. The summed E-state index contributed by atoms with van der Waals surface area (Å²) in [6.07, 6.45) is 3.99. The average molecular weight is 451 g/mol. The fourth-order valence-corrected chi connectivity index (χ4v) is 4.75. The van der Waals surface area contributed by atoms with Gasteiger partial charge in [0.2, 0.25) is 5.91 Å². The van der Waals surface area contributed by atoms with E-state index in [4.69, 9.17) is 15.2 Å². The number of nitrogens with two attached hydrogens (primary N) is 1. The minimum absolute atomic E-state index is 0.0336. The van der Waals surface area contributed by atoms with Gasteiger partial charge in [-0.25, -0.2) is 9.59 Å². The molecular formula is C26H30N2O5. The SMILES string of the molecule is NC(=O)CC[C@H](NC(=O)OCC1c2ccccc2-c2ccccc21)C(=O)OC1CCCCC1. The number of alkyl carbamates (subject to hydrolysis) is 1. The molecule has 2 amide bonds. The Morgan fingerprint density at radius 2 is 1.55 bits per heavy atom. The van der Waals surface area contributed by atoms with Crippen molar-refractivity contribution < 1.29 is 23.9 Å². The Hall–Kier alpha value is -3.35. The van der Waals surface area contributed by atoms with Gasteiger partial charge in [-0.3, -0.25) is 4.79 Å². The smallest absolute Gasteiger partial charge is 0.407 e. The highest BCUT2D eigenvalue weighted by molar-refractivity contribution is 5.83. The Morgan fingerprint density at radius 3 is 2.15 bits per heavy atom. The Bertz CT molecular complexity index is 970. The standard InChI is InChI=1S/C26H30N2O5/c27-24(29)15-14-23(25(30)33-17-8-2-1-3-9-17)28-26(31)32-16-22-20-12-6-4-10-18(20)19-11-5-7-13-21(19)22/h4-7,10-13,17,22-23H,1-3,8-9,14-16H2,(H2,27,29)(H,28,31)/t23-/m0/s1. The van der Waals surface area contributed by atoms with E-state index in [9.17, 15) is 14.4 Å². The predicted octanol–water partition coefficient (Wildman–Crippen LogP) is 4.04. The van der Waals surface area contributed by atoms with E-state index in [-0.39, 0.29) is 31.5 Å². The number of primary amides is 1. The zero-order valence-corrected chi connectivity index (χ0v) is 18.6. The van der Waals surface area contributed by atoms with Crippen molar-refractivity contribution in [2.24, 2.45) is 5.73 Å². The van der Waals surface area contributed by atoms with E-state index in [1.807, 2.05) is 36.4 Å². The van der Waals surface area contributed by atoms with Gasteiger partial charge in [0.1, 0.15) is 18.8 Å². The zero-order valence-electron chi connectivity index (χ0n) is 18.6. The fourth-order valence-electron chi connectivity index (χ4n) is 4.75. The topological polar surface area (TPSA) is 108 Å². The third-order valence-corrected chi connectivity index (χ3v) is 6.43. The molecule has 2 aromatic rings. The fraction of sp³-hybridized carbons (Fsp3) is 0.423. The number of carbonyl (C=O) groups excluding carboxylic acids is 3. The number of amides is 2. The Labute approximate surface area is 193 Å². The number of fused-ring (bicyclic) bond motifs is 3. The molecule has 0 aromatic heterocycles. The van der Waals surface area contributed by atoms with Crippen molar-refractivity contribution in [3.8, 4) is 11.1 Å². The average Bonchev–Trinajstić information content (AvgIpc) is 3.14. The van der Waals surface area contributed by atoms with E-state index in [0.717, 1.165) is 54.4 Å². The second-order valence-corrected chi connectivity index (χ2v) is 8.72. The lowest BCUT2D eigenvalue weighted by atomic mass is 9.98. The van der Waals surface area contributed by atoms with Gasteiger partial charge in [-0.15, -0.1) is 0 Å². The molecule has 0 aliphatic heterocycles. The highest BCUT2D eigenvalue weighted by Crippen LogP contribution is 2.44. The van der Waals surface area contributed by atoms with Crippen molar-refractivity contribution >= 4 is 18.0 Å². The quantitative estimate of drug-likeness (QED) is 0.590. The summed E-state index contributed by atoms with van der Waals surface area (Å²) in [5.74, 6) is -1.17. The molecule has 2 aromatic carbocycles. The van der Waals surface area contributed by atoms with Crippen LogP contribution in [0.2, 0.25) is 0 Å².